The number of fused-ring (bicyclic) bond motifs is 1. The van der Waals surface area contributed by atoms with Gasteiger partial charge in [-0.3, -0.25) is 4.79 Å². The Kier molecular flexibility index (Phi) is 3.40. The van der Waals surface area contributed by atoms with Crippen molar-refractivity contribution in [3.63, 3.8) is 0 Å². The van der Waals surface area contributed by atoms with Gasteiger partial charge in [0.25, 0.3) is 0 Å². The molecule has 0 spiro atoms. The van der Waals surface area contributed by atoms with Gasteiger partial charge in [-0.2, -0.15) is 13.2 Å². The van der Waals surface area contributed by atoms with Crippen molar-refractivity contribution in [1.82, 2.24) is 19.5 Å². The first-order valence-electron chi connectivity index (χ1n) is 6.11. The third-order valence-corrected chi connectivity index (χ3v) is 3.42. The summed E-state index contributed by atoms with van der Waals surface area (Å²) in [7, 11) is 0. The summed E-state index contributed by atoms with van der Waals surface area (Å²) in [6, 6.07) is 3.62. The molecule has 114 valence electrons. The summed E-state index contributed by atoms with van der Waals surface area (Å²) in [5.41, 5.74) is -0.630. The molecule has 0 aliphatic heterocycles. The number of halogens is 4. The maximum atomic E-state index is 13.2. The second kappa shape index (κ2) is 5.13. The molecular formula is C13H8ClF3N4O. The summed E-state index contributed by atoms with van der Waals surface area (Å²) in [5, 5.41) is 0.0802. The second-order valence-corrected chi connectivity index (χ2v) is 4.93. The molecule has 0 bridgehead atoms. The molecule has 0 fully saturated rings. The number of nitrogens with one attached hydrogen (secondary N) is 1. The van der Waals surface area contributed by atoms with E-state index in [2.05, 4.69) is 15.0 Å². The van der Waals surface area contributed by atoms with Gasteiger partial charge < -0.3 is 9.55 Å². The first kappa shape index (κ1) is 14.6. The van der Waals surface area contributed by atoms with Gasteiger partial charge >= 0.3 is 6.18 Å². The number of aromatic amines is 1. The van der Waals surface area contributed by atoms with Gasteiger partial charge in [0, 0.05) is 12.3 Å². The van der Waals surface area contributed by atoms with E-state index in [1.54, 1.807) is 0 Å². The van der Waals surface area contributed by atoms with Crippen LogP contribution in [0.25, 0.3) is 11.0 Å². The molecule has 5 nitrogen and oxygen atoms in total. The highest BCUT2D eigenvalue weighted by Crippen LogP contribution is 2.35. The summed E-state index contributed by atoms with van der Waals surface area (Å²) in [6.07, 6.45) is -2.10. The number of alkyl halides is 3. The maximum Gasteiger partial charge on any atom is 0.431 e. The third kappa shape index (κ3) is 2.57. The summed E-state index contributed by atoms with van der Waals surface area (Å²) in [5.74, 6) is 0. The van der Waals surface area contributed by atoms with Crippen LogP contribution >= 0.6 is 11.6 Å². The lowest BCUT2D eigenvalue weighted by Crippen LogP contribution is -2.15. The molecule has 0 amide bonds. The summed E-state index contributed by atoms with van der Waals surface area (Å²) < 4.78 is 40.6. The van der Waals surface area contributed by atoms with Crippen molar-refractivity contribution in [1.29, 1.82) is 0 Å². The minimum atomic E-state index is -4.56. The molecule has 9 heteroatoms. The first-order valence-corrected chi connectivity index (χ1v) is 6.48. The van der Waals surface area contributed by atoms with Gasteiger partial charge in [0.05, 0.1) is 11.9 Å². The molecule has 0 unspecified atom stereocenters. The highest BCUT2D eigenvalue weighted by atomic mass is 35.5. The molecule has 3 aromatic heterocycles. The van der Waals surface area contributed by atoms with Crippen LogP contribution in [0.3, 0.4) is 0 Å². The maximum absolute atomic E-state index is 13.2. The van der Waals surface area contributed by atoms with Crippen LogP contribution in [0, 0.1) is 0 Å². The minimum Gasteiger partial charge on any atom is -0.329 e. The number of aromatic nitrogens is 4. The van der Waals surface area contributed by atoms with Crippen LogP contribution in [-0.4, -0.2) is 19.5 Å². The van der Waals surface area contributed by atoms with Crippen molar-refractivity contribution in [3.05, 3.63) is 57.5 Å². The number of hydrogen-bond donors (Lipinski definition) is 1. The molecule has 0 atom stereocenters. The zero-order valence-corrected chi connectivity index (χ0v) is 11.6. The van der Waals surface area contributed by atoms with E-state index in [1.807, 2.05) is 0 Å². The Balaban J connectivity index is 2.19. The number of nitrogens with zero attached hydrogens (tertiary/aromatic N) is 3. The molecule has 22 heavy (non-hydrogen) atoms. The van der Waals surface area contributed by atoms with Crippen LogP contribution < -0.4 is 5.56 Å². The third-order valence-electron chi connectivity index (χ3n) is 3.12. The molecule has 1 N–H and O–H groups in total. The van der Waals surface area contributed by atoms with Crippen molar-refractivity contribution in [2.45, 2.75) is 12.7 Å². The normalized spacial score (nSPS) is 12.0. The van der Waals surface area contributed by atoms with E-state index in [-0.39, 0.29) is 28.3 Å². The molecule has 0 saturated heterocycles. The highest BCUT2D eigenvalue weighted by Gasteiger charge is 2.36. The van der Waals surface area contributed by atoms with Crippen LogP contribution in [0.4, 0.5) is 13.2 Å². The average molecular weight is 329 g/mol. The smallest absolute Gasteiger partial charge is 0.329 e. The Bertz CT molecular complexity index is 880. The molecule has 3 heterocycles. The van der Waals surface area contributed by atoms with Gasteiger partial charge in [-0.1, -0.05) is 17.7 Å². The molecule has 0 aromatic carbocycles. The SMILES string of the molecule is O=c1ccc(Cn2c(C(F)(F)F)cc3c(Cl)ncnc32)c[nH]1. The lowest BCUT2D eigenvalue weighted by Gasteiger charge is -2.12. The van der Waals surface area contributed by atoms with Gasteiger partial charge in [0.15, 0.2) is 0 Å². The number of pyridine rings is 1. The quantitative estimate of drug-likeness (QED) is 0.736. The predicted molar refractivity (Wildman–Crippen MR) is 73.7 cm³/mol. The van der Waals surface area contributed by atoms with E-state index in [0.29, 0.717) is 5.56 Å². The fourth-order valence-electron chi connectivity index (χ4n) is 2.15. The zero-order valence-electron chi connectivity index (χ0n) is 10.9. The Labute approximate surface area is 126 Å². The lowest BCUT2D eigenvalue weighted by atomic mass is 10.3. The highest BCUT2D eigenvalue weighted by molar-refractivity contribution is 6.33. The van der Waals surface area contributed by atoms with Crippen molar-refractivity contribution < 1.29 is 13.2 Å². The van der Waals surface area contributed by atoms with Crippen molar-refractivity contribution in [2.24, 2.45) is 0 Å². The molecule has 0 aliphatic rings. The Hall–Kier alpha value is -2.35. The van der Waals surface area contributed by atoms with Crippen LogP contribution in [0.15, 0.2) is 35.5 Å². The van der Waals surface area contributed by atoms with Gasteiger partial charge in [-0.15, -0.1) is 0 Å². The molecule has 3 rings (SSSR count). The average Bonchev–Trinajstić information content (AvgIpc) is 2.82. The first-order chi connectivity index (χ1) is 10.4. The van der Waals surface area contributed by atoms with Gasteiger partial charge in [0.2, 0.25) is 5.56 Å². The van der Waals surface area contributed by atoms with Crippen LogP contribution in [0.1, 0.15) is 11.3 Å². The summed E-state index contributed by atoms with van der Waals surface area (Å²) in [4.78, 5) is 21.0. The van der Waals surface area contributed by atoms with E-state index >= 15 is 0 Å². The molecular weight excluding hydrogens is 321 g/mol. The minimum absolute atomic E-state index is 0.0456. The molecule has 0 aliphatic carbocycles. The molecule has 0 saturated carbocycles. The fraction of sp³-hybridized carbons (Fsp3) is 0.154. The Morgan fingerprint density at radius 1 is 1.27 bits per heavy atom. The molecule has 3 aromatic rings. The van der Waals surface area contributed by atoms with Crippen molar-refractivity contribution in [2.75, 3.05) is 0 Å². The summed E-state index contributed by atoms with van der Waals surface area (Å²) >= 11 is 5.84. The Morgan fingerprint density at radius 3 is 2.68 bits per heavy atom. The largest absolute Gasteiger partial charge is 0.431 e. The van der Waals surface area contributed by atoms with E-state index in [1.165, 1.54) is 18.3 Å². The number of rotatable bonds is 2. The zero-order chi connectivity index (χ0) is 15.9. The van der Waals surface area contributed by atoms with Crippen molar-refractivity contribution >= 4 is 22.6 Å². The number of hydrogen-bond acceptors (Lipinski definition) is 3. The number of H-pyrrole nitrogens is 1. The summed E-state index contributed by atoms with van der Waals surface area (Å²) in [6.45, 7) is -0.109. The van der Waals surface area contributed by atoms with Gasteiger partial charge in [0.1, 0.15) is 22.8 Å². The lowest BCUT2D eigenvalue weighted by molar-refractivity contribution is -0.143. The monoisotopic (exact) mass is 328 g/mol. The van der Waals surface area contributed by atoms with Crippen LogP contribution in [0.2, 0.25) is 5.15 Å². The van der Waals surface area contributed by atoms with Crippen molar-refractivity contribution in [3.8, 4) is 0 Å². The fourth-order valence-corrected chi connectivity index (χ4v) is 2.33. The topological polar surface area (TPSA) is 63.6 Å². The van der Waals surface area contributed by atoms with E-state index in [9.17, 15) is 18.0 Å². The van der Waals surface area contributed by atoms with Gasteiger partial charge in [-0.05, 0) is 11.6 Å². The van der Waals surface area contributed by atoms with Crippen LogP contribution in [0.5, 0.6) is 0 Å². The van der Waals surface area contributed by atoms with E-state index < -0.39 is 11.9 Å². The Morgan fingerprint density at radius 2 is 2.05 bits per heavy atom. The predicted octanol–water partition coefficient (Wildman–Crippen LogP) is 2.84. The van der Waals surface area contributed by atoms with E-state index in [4.69, 9.17) is 11.6 Å². The standard InChI is InChI=1S/C13H8ClF3N4O/c14-11-8-3-9(13(15,16)17)21(12(8)20-6-19-11)5-7-1-2-10(22)18-4-7/h1-4,6H,5H2,(H,18,22). The van der Waals surface area contributed by atoms with Crippen LogP contribution in [-0.2, 0) is 12.7 Å². The van der Waals surface area contributed by atoms with E-state index in [0.717, 1.165) is 17.0 Å². The second-order valence-electron chi connectivity index (χ2n) is 4.58. The van der Waals surface area contributed by atoms with Gasteiger partial charge in [-0.25, -0.2) is 9.97 Å². The molecule has 0 radical (unpaired) electrons.